The van der Waals surface area contributed by atoms with Gasteiger partial charge >= 0.3 is 12.0 Å². The first-order chi connectivity index (χ1) is 18.4. The molecule has 2 amide bonds. The number of carbonyl (C=O) groups is 2. The van der Waals surface area contributed by atoms with Gasteiger partial charge in [0, 0.05) is 42.0 Å². The first-order valence-corrected chi connectivity index (χ1v) is 14.0. The van der Waals surface area contributed by atoms with Gasteiger partial charge in [-0.25, -0.2) is 19.7 Å². The number of benzene rings is 1. The number of aromatic nitrogens is 4. The molecule has 0 atom stereocenters. The molecule has 1 fully saturated rings. The van der Waals surface area contributed by atoms with E-state index in [9.17, 15) is 9.59 Å². The molecule has 12 nitrogen and oxygen atoms in total. The van der Waals surface area contributed by atoms with Crippen LogP contribution in [-0.4, -0.2) is 68.0 Å². The van der Waals surface area contributed by atoms with E-state index in [0.29, 0.717) is 67.0 Å². The van der Waals surface area contributed by atoms with Gasteiger partial charge < -0.3 is 35.1 Å². The van der Waals surface area contributed by atoms with Crippen molar-refractivity contribution in [3.05, 3.63) is 22.9 Å². The van der Waals surface area contributed by atoms with Crippen LogP contribution in [0.25, 0.3) is 11.2 Å². The summed E-state index contributed by atoms with van der Waals surface area (Å²) in [7, 11) is 0. The zero-order valence-corrected chi connectivity index (χ0v) is 23.0. The number of piperidine rings is 1. The highest BCUT2D eigenvalue weighted by atomic mass is 79.9. The Morgan fingerprint density at radius 2 is 1.97 bits per heavy atom. The van der Waals surface area contributed by atoms with Gasteiger partial charge in [0.15, 0.2) is 33.6 Å². The molecule has 4 heterocycles. The van der Waals surface area contributed by atoms with Crippen LogP contribution < -0.4 is 20.5 Å². The van der Waals surface area contributed by atoms with Gasteiger partial charge in [0.25, 0.3) is 0 Å². The van der Waals surface area contributed by atoms with Crippen molar-refractivity contribution in [2.24, 2.45) is 5.92 Å². The zero-order valence-electron chi connectivity index (χ0n) is 20.6. The van der Waals surface area contributed by atoms with Crippen LogP contribution in [0.2, 0.25) is 0 Å². The lowest BCUT2D eigenvalue weighted by atomic mass is 9.93. The first kappa shape index (κ1) is 26.4. The number of urea groups is 1. The number of nitrogens with zero attached hydrogens (tertiary/aromatic N) is 5. The summed E-state index contributed by atoms with van der Waals surface area (Å²) in [6.07, 6.45) is 4.61. The fourth-order valence-electron chi connectivity index (χ4n) is 4.57. The van der Waals surface area contributed by atoms with Crippen molar-refractivity contribution >= 4 is 56.7 Å². The summed E-state index contributed by atoms with van der Waals surface area (Å²) >= 11 is 5.12. The Morgan fingerprint density at radius 1 is 1.21 bits per heavy atom. The topological polar surface area (TPSA) is 158 Å². The number of hydrogen-bond acceptors (Lipinski definition) is 9. The molecule has 0 aliphatic carbocycles. The number of likely N-dealkylation sites (tertiary alicyclic amines) is 1. The minimum absolute atomic E-state index is 0.0494. The number of nitrogen functional groups attached to an aromatic ring is 1. The van der Waals surface area contributed by atoms with Crippen molar-refractivity contribution in [2.75, 3.05) is 32.2 Å². The van der Waals surface area contributed by atoms with E-state index in [1.54, 1.807) is 4.90 Å². The molecule has 0 radical (unpaired) electrons. The second-order valence-corrected chi connectivity index (χ2v) is 11.0. The van der Waals surface area contributed by atoms with Gasteiger partial charge in [-0.2, -0.15) is 0 Å². The molecule has 2 aliphatic heterocycles. The number of aliphatic carboxylic acids is 1. The highest BCUT2D eigenvalue weighted by Gasteiger charge is 2.25. The molecule has 0 saturated carbocycles. The van der Waals surface area contributed by atoms with E-state index in [2.05, 4.69) is 35.8 Å². The Labute approximate surface area is 231 Å². The Bertz CT molecular complexity index is 1350. The molecule has 1 aromatic carbocycles. The van der Waals surface area contributed by atoms with E-state index in [4.69, 9.17) is 25.3 Å². The third-order valence-electron chi connectivity index (χ3n) is 6.66. The van der Waals surface area contributed by atoms with Crippen LogP contribution in [0.5, 0.6) is 11.5 Å². The molecule has 0 bridgehead atoms. The number of aryl methyl sites for hydroxylation is 1. The van der Waals surface area contributed by atoms with Crippen LogP contribution in [0.3, 0.4) is 0 Å². The van der Waals surface area contributed by atoms with E-state index in [-0.39, 0.29) is 19.2 Å². The molecule has 202 valence electrons. The number of carboxylic acid groups (broad SMARTS) is 1. The van der Waals surface area contributed by atoms with E-state index in [1.807, 2.05) is 12.1 Å². The number of ether oxygens (including phenoxy) is 2. The number of fused-ring (bicyclic) bond motifs is 2. The molecule has 4 N–H and O–H groups in total. The van der Waals surface area contributed by atoms with Gasteiger partial charge in [-0.1, -0.05) is 11.8 Å². The number of anilines is 1. The van der Waals surface area contributed by atoms with Crippen molar-refractivity contribution < 1.29 is 24.2 Å². The van der Waals surface area contributed by atoms with E-state index >= 15 is 0 Å². The lowest BCUT2D eigenvalue weighted by Gasteiger charge is -2.32. The van der Waals surface area contributed by atoms with Crippen LogP contribution in [0, 0.1) is 5.92 Å². The molecule has 3 aromatic rings. The minimum Gasteiger partial charge on any atom is -0.481 e. The molecule has 14 heteroatoms. The van der Waals surface area contributed by atoms with Crippen LogP contribution in [0.15, 0.2) is 33.0 Å². The van der Waals surface area contributed by atoms with Crippen molar-refractivity contribution in [3.8, 4) is 11.5 Å². The van der Waals surface area contributed by atoms with Crippen LogP contribution in [0.4, 0.5) is 10.6 Å². The summed E-state index contributed by atoms with van der Waals surface area (Å²) in [5.41, 5.74) is 7.38. The van der Waals surface area contributed by atoms with Crippen molar-refractivity contribution in [3.63, 3.8) is 0 Å². The van der Waals surface area contributed by atoms with Gasteiger partial charge in [-0.3, -0.25) is 4.79 Å². The van der Waals surface area contributed by atoms with Crippen LogP contribution >= 0.6 is 27.7 Å². The molecular weight excluding hydrogens is 578 g/mol. The standard InChI is InChI=1S/C24H28BrN7O5S/c25-15-10-16-17(37-13-36-16)11-18(15)38-24-30-20-21(26)28-12-29-22(20)32(24)9-5-14-3-7-31(8-4-14)23(35)27-6-1-2-19(33)34/h10-12,14H,1-9,13H2,(H,27,35)(H,33,34)(H2,26,28,29). The molecule has 2 aliphatic rings. The van der Waals surface area contributed by atoms with Crippen molar-refractivity contribution in [2.45, 2.75) is 48.7 Å². The number of nitrogens with two attached hydrogens (primary N) is 1. The molecule has 0 unspecified atom stereocenters. The third kappa shape index (κ3) is 5.90. The predicted molar refractivity (Wildman–Crippen MR) is 143 cm³/mol. The normalized spacial score (nSPS) is 15.2. The maximum absolute atomic E-state index is 12.4. The average molecular weight is 607 g/mol. The van der Waals surface area contributed by atoms with Crippen LogP contribution in [0.1, 0.15) is 32.1 Å². The number of carboxylic acids is 1. The van der Waals surface area contributed by atoms with Crippen molar-refractivity contribution in [1.82, 2.24) is 29.7 Å². The molecular formula is C24H28BrN7O5S. The lowest BCUT2D eigenvalue weighted by Crippen LogP contribution is -2.44. The maximum Gasteiger partial charge on any atom is 0.317 e. The van der Waals surface area contributed by atoms with Crippen molar-refractivity contribution in [1.29, 1.82) is 0 Å². The maximum atomic E-state index is 12.4. The fourth-order valence-corrected chi connectivity index (χ4v) is 6.08. The van der Waals surface area contributed by atoms with Crippen LogP contribution in [-0.2, 0) is 11.3 Å². The molecule has 38 heavy (non-hydrogen) atoms. The molecule has 1 saturated heterocycles. The number of nitrogens with one attached hydrogen (secondary N) is 1. The summed E-state index contributed by atoms with van der Waals surface area (Å²) in [5.74, 6) is 1.31. The Balaban J connectivity index is 1.23. The number of halogens is 1. The van der Waals surface area contributed by atoms with Gasteiger partial charge in [0.1, 0.15) is 6.33 Å². The predicted octanol–water partition coefficient (Wildman–Crippen LogP) is 3.73. The highest BCUT2D eigenvalue weighted by molar-refractivity contribution is 9.10. The second kappa shape index (κ2) is 11.6. The SMILES string of the molecule is Nc1ncnc2c1nc(Sc1cc3c(cc1Br)OCO3)n2CCC1CCN(C(=O)NCCCC(=O)O)CC1. The van der Waals surface area contributed by atoms with Gasteiger partial charge in [-0.05, 0) is 59.7 Å². The van der Waals surface area contributed by atoms with Gasteiger partial charge in [0.05, 0.1) is 0 Å². The van der Waals surface area contributed by atoms with E-state index < -0.39 is 5.97 Å². The lowest BCUT2D eigenvalue weighted by molar-refractivity contribution is -0.137. The molecule has 0 spiro atoms. The number of rotatable bonds is 9. The molecule has 5 rings (SSSR count). The quantitative estimate of drug-likeness (QED) is 0.307. The number of amides is 2. The summed E-state index contributed by atoms with van der Waals surface area (Å²) in [6.45, 7) is 2.60. The number of carbonyl (C=O) groups excluding carboxylic acids is 1. The Morgan fingerprint density at radius 3 is 2.74 bits per heavy atom. The molecule has 2 aromatic heterocycles. The van der Waals surface area contributed by atoms with Gasteiger partial charge in [0.2, 0.25) is 6.79 Å². The first-order valence-electron chi connectivity index (χ1n) is 12.4. The summed E-state index contributed by atoms with van der Waals surface area (Å²) in [6, 6.07) is 3.69. The smallest absolute Gasteiger partial charge is 0.317 e. The second-order valence-electron chi connectivity index (χ2n) is 9.16. The summed E-state index contributed by atoms with van der Waals surface area (Å²) in [4.78, 5) is 39.1. The zero-order chi connectivity index (χ0) is 26.6. The van der Waals surface area contributed by atoms with E-state index in [1.165, 1.54) is 18.1 Å². The Kier molecular flexibility index (Phi) is 8.07. The Hall–Kier alpha value is -3.26. The van der Waals surface area contributed by atoms with E-state index in [0.717, 1.165) is 33.8 Å². The largest absolute Gasteiger partial charge is 0.481 e. The summed E-state index contributed by atoms with van der Waals surface area (Å²) < 4.78 is 14.0. The number of hydrogen-bond donors (Lipinski definition) is 3. The minimum atomic E-state index is -0.857. The number of imidazole rings is 1. The highest BCUT2D eigenvalue weighted by Crippen LogP contribution is 2.43. The third-order valence-corrected chi connectivity index (χ3v) is 8.63. The van der Waals surface area contributed by atoms with Gasteiger partial charge in [-0.15, -0.1) is 0 Å². The average Bonchev–Trinajstić information content (AvgIpc) is 3.50. The summed E-state index contributed by atoms with van der Waals surface area (Å²) in [5, 5.41) is 12.3. The fraction of sp³-hybridized carbons (Fsp3) is 0.458. The monoisotopic (exact) mass is 605 g/mol.